The van der Waals surface area contributed by atoms with Crippen LogP contribution in [0.15, 0.2) is 42.5 Å². The molecule has 0 bridgehead atoms. The number of aryl methyl sites for hydroxylation is 1. The molecule has 0 aliphatic heterocycles. The van der Waals surface area contributed by atoms with Crippen LogP contribution in [0.2, 0.25) is 0 Å². The Balaban J connectivity index is 2.10. The number of carbonyl (C=O) groups excluding carboxylic acids is 1. The number of nitro groups is 1. The third-order valence-corrected chi connectivity index (χ3v) is 3.34. The van der Waals surface area contributed by atoms with Crippen LogP contribution in [0.5, 0.6) is 5.75 Å². The summed E-state index contributed by atoms with van der Waals surface area (Å²) < 4.78 is 5.51. The van der Waals surface area contributed by atoms with Crippen LogP contribution in [0, 0.1) is 28.4 Å². The quantitative estimate of drug-likeness (QED) is 0.671. The molecule has 0 aliphatic rings. The fourth-order valence-electron chi connectivity index (χ4n) is 1.99. The molecule has 1 unspecified atom stereocenters. The molecule has 0 radical (unpaired) electrons. The lowest BCUT2D eigenvalue weighted by atomic mass is 10.1. The van der Waals surface area contributed by atoms with Crippen molar-refractivity contribution in [3.8, 4) is 11.8 Å². The Kier molecular flexibility index (Phi) is 5.12. The van der Waals surface area contributed by atoms with E-state index in [0.717, 1.165) is 0 Å². The summed E-state index contributed by atoms with van der Waals surface area (Å²) >= 11 is 0. The van der Waals surface area contributed by atoms with Gasteiger partial charge in [-0.1, -0.05) is 12.1 Å². The molecule has 0 aromatic heterocycles. The predicted molar refractivity (Wildman–Crippen MR) is 87.7 cm³/mol. The highest BCUT2D eigenvalue weighted by molar-refractivity contribution is 5.95. The molecule has 0 saturated carbocycles. The topological polar surface area (TPSA) is 105 Å². The van der Waals surface area contributed by atoms with Gasteiger partial charge in [0, 0.05) is 12.1 Å². The zero-order valence-electron chi connectivity index (χ0n) is 13.1. The van der Waals surface area contributed by atoms with Crippen molar-refractivity contribution >= 4 is 17.3 Å². The number of nitrogens with one attached hydrogen (secondary N) is 1. The van der Waals surface area contributed by atoms with Crippen molar-refractivity contribution < 1.29 is 14.5 Å². The van der Waals surface area contributed by atoms with E-state index in [9.17, 15) is 14.9 Å². The van der Waals surface area contributed by atoms with Gasteiger partial charge in [-0.2, -0.15) is 5.26 Å². The van der Waals surface area contributed by atoms with E-state index in [1.807, 2.05) is 6.07 Å². The lowest BCUT2D eigenvalue weighted by Crippen LogP contribution is -2.30. The van der Waals surface area contributed by atoms with Crippen LogP contribution in [0.1, 0.15) is 18.1 Å². The molecule has 0 heterocycles. The number of carbonyl (C=O) groups is 1. The second-order valence-electron chi connectivity index (χ2n) is 5.15. The first-order chi connectivity index (χ1) is 11.4. The maximum atomic E-state index is 12.2. The zero-order chi connectivity index (χ0) is 17.7. The van der Waals surface area contributed by atoms with Gasteiger partial charge in [0.2, 0.25) is 0 Å². The number of non-ortho nitro benzene ring substituents is 1. The van der Waals surface area contributed by atoms with Crippen LogP contribution in [-0.2, 0) is 4.79 Å². The average Bonchev–Trinajstić information content (AvgIpc) is 2.56. The van der Waals surface area contributed by atoms with Gasteiger partial charge >= 0.3 is 0 Å². The Morgan fingerprint density at radius 3 is 2.75 bits per heavy atom. The number of hydrogen-bond acceptors (Lipinski definition) is 5. The van der Waals surface area contributed by atoms with E-state index >= 15 is 0 Å². The molecular weight excluding hydrogens is 310 g/mol. The van der Waals surface area contributed by atoms with Gasteiger partial charge in [-0.25, -0.2) is 0 Å². The summed E-state index contributed by atoms with van der Waals surface area (Å²) in [4.78, 5) is 22.5. The molecule has 0 aliphatic carbocycles. The van der Waals surface area contributed by atoms with Crippen molar-refractivity contribution in [2.45, 2.75) is 20.0 Å². The highest BCUT2D eigenvalue weighted by Gasteiger charge is 2.17. The standard InChI is InChI=1S/C17H15N3O4/c1-11-6-7-14(20(22)23)9-16(11)19-17(21)12(2)24-15-5-3-4-13(8-15)10-18/h3-9,12H,1-2H3,(H,19,21). The summed E-state index contributed by atoms with van der Waals surface area (Å²) in [5.41, 5.74) is 1.38. The monoisotopic (exact) mass is 325 g/mol. The Morgan fingerprint density at radius 1 is 1.33 bits per heavy atom. The fraction of sp³-hybridized carbons (Fsp3) is 0.176. The van der Waals surface area contributed by atoms with Gasteiger partial charge < -0.3 is 10.1 Å². The molecule has 2 aromatic carbocycles. The minimum Gasteiger partial charge on any atom is -0.481 e. The summed E-state index contributed by atoms with van der Waals surface area (Å²) in [7, 11) is 0. The van der Waals surface area contributed by atoms with Gasteiger partial charge in [-0.3, -0.25) is 14.9 Å². The van der Waals surface area contributed by atoms with Crippen LogP contribution < -0.4 is 10.1 Å². The largest absolute Gasteiger partial charge is 0.481 e. The summed E-state index contributed by atoms with van der Waals surface area (Å²) in [6.45, 7) is 3.29. The van der Waals surface area contributed by atoms with Crippen molar-refractivity contribution in [3.63, 3.8) is 0 Å². The first-order valence-electron chi connectivity index (χ1n) is 7.13. The summed E-state index contributed by atoms with van der Waals surface area (Å²) in [6.07, 6.45) is -0.836. The highest BCUT2D eigenvalue weighted by Crippen LogP contribution is 2.22. The van der Waals surface area contributed by atoms with E-state index in [2.05, 4.69) is 5.32 Å². The summed E-state index contributed by atoms with van der Waals surface area (Å²) in [6, 6.07) is 12.7. The van der Waals surface area contributed by atoms with Gasteiger partial charge in [-0.15, -0.1) is 0 Å². The van der Waals surface area contributed by atoms with Crippen molar-refractivity contribution in [2.24, 2.45) is 0 Å². The van der Waals surface area contributed by atoms with Gasteiger partial charge in [-0.05, 0) is 37.6 Å². The van der Waals surface area contributed by atoms with E-state index in [1.54, 1.807) is 38.1 Å². The van der Waals surface area contributed by atoms with Gasteiger partial charge in [0.1, 0.15) is 5.75 Å². The molecule has 0 fully saturated rings. The minimum atomic E-state index is -0.836. The predicted octanol–water partition coefficient (Wildman–Crippen LogP) is 3.18. The summed E-state index contributed by atoms with van der Waals surface area (Å²) in [5, 5.41) is 22.3. The Bertz CT molecular complexity index is 827. The zero-order valence-corrected chi connectivity index (χ0v) is 13.1. The highest BCUT2D eigenvalue weighted by atomic mass is 16.6. The Morgan fingerprint density at radius 2 is 2.08 bits per heavy atom. The van der Waals surface area contributed by atoms with E-state index in [-0.39, 0.29) is 5.69 Å². The SMILES string of the molecule is Cc1ccc([N+](=O)[O-])cc1NC(=O)C(C)Oc1cccc(C#N)c1. The van der Waals surface area contributed by atoms with Crippen LogP contribution >= 0.6 is 0 Å². The third kappa shape index (κ3) is 4.08. The molecule has 0 spiro atoms. The van der Waals surface area contributed by atoms with Gasteiger partial charge in [0.05, 0.1) is 22.2 Å². The van der Waals surface area contributed by atoms with E-state index in [4.69, 9.17) is 10.00 Å². The second kappa shape index (κ2) is 7.24. The van der Waals surface area contributed by atoms with Crippen molar-refractivity contribution in [1.29, 1.82) is 5.26 Å². The molecule has 1 N–H and O–H groups in total. The Hall–Kier alpha value is -3.40. The smallest absolute Gasteiger partial charge is 0.271 e. The molecule has 1 amide bonds. The summed E-state index contributed by atoms with van der Waals surface area (Å²) in [5.74, 6) is -0.0478. The van der Waals surface area contributed by atoms with E-state index in [1.165, 1.54) is 18.2 Å². The maximum absolute atomic E-state index is 12.2. The molecule has 0 saturated heterocycles. The fourth-order valence-corrected chi connectivity index (χ4v) is 1.99. The first kappa shape index (κ1) is 17.0. The molecular formula is C17H15N3O4. The average molecular weight is 325 g/mol. The molecule has 2 aromatic rings. The minimum absolute atomic E-state index is 0.105. The number of benzene rings is 2. The Labute approximate surface area is 138 Å². The second-order valence-corrected chi connectivity index (χ2v) is 5.15. The number of amides is 1. The number of nitro benzene ring substituents is 1. The van der Waals surface area contributed by atoms with Crippen LogP contribution in [0.25, 0.3) is 0 Å². The van der Waals surface area contributed by atoms with Crippen molar-refractivity contribution in [1.82, 2.24) is 0 Å². The number of anilines is 1. The van der Waals surface area contributed by atoms with E-state index < -0.39 is 16.9 Å². The molecule has 2 rings (SSSR count). The van der Waals surface area contributed by atoms with Crippen LogP contribution in [-0.4, -0.2) is 16.9 Å². The third-order valence-electron chi connectivity index (χ3n) is 3.34. The molecule has 7 heteroatoms. The molecule has 24 heavy (non-hydrogen) atoms. The first-order valence-corrected chi connectivity index (χ1v) is 7.13. The number of ether oxygens (including phenoxy) is 1. The van der Waals surface area contributed by atoms with Crippen molar-refractivity contribution in [2.75, 3.05) is 5.32 Å². The number of nitriles is 1. The van der Waals surface area contributed by atoms with Crippen LogP contribution in [0.4, 0.5) is 11.4 Å². The normalized spacial score (nSPS) is 11.2. The lowest BCUT2D eigenvalue weighted by Gasteiger charge is -2.15. The van der Waals surface area contributed by atoms with Gasteiger partial charge in [0.15, 0.2) is 6.10 Å². The van der Waals surface area contributed by atoms with E-state index in [0.29, 0.717) is 22.6 Å². The molecule has 1 atom stereocenters. The lowest BCUT2D eigenvalue weighted by molar-refractivity contribution is -0.384. The van der Waals surface area contributed by atoms with Crippen molar-refractivity contribution in [3.05, 3.63) is 63.7 Å². The number of rotatable bonds is 5. The van der Waals surface area contributed by atoms with Gasteiger partial charge in [0.25, 0.3) is 11.6 Å². The molecule has 122 valence electrons. The molecule has 7 nitrogen and oxygen atoms in total. The van der Waals surface area contributed by atoms with Crippen LogP contribution in [0.3, 0.4) is 0 Å². The maximum Gasteiger partial charge on any atom is 0.271 e. The number of hydrogen-bond donors (Lipinski definition) is 1. The number of nitrogens with zero attached hydrogens (tertiary/aromatic N) is 2.